The van der Waals surface area contributed by atoms with Crippen LogP contribution in [0.2, 0.25) is 0 Å². The van der Waals surface area contributed by atoms with E-state index in [0.717, 1.165) is 27.5 Å². The molecule has 4 nitrogen and oxygen atoms in total. The van der Waals surface area contributed by atoms with Gasteiger partial charge < -0.3 is 9.14 Å². The zero-order valence-electron chi connectivity index (χ0n) is 18.4. The number of carbonyl (C=O) groups is 2. The molecule has 2 aromatic heterocycles. The molecule has 4 heteroatoms. The molecule has 0 aliphatic rings. The van der Waals surface area contributed by atoms with Gasteiger partial charge in [0.25, 0.3) is 0 Å². The van der Waals surface area contributed by atoms with Crippen LogP contribution in [-0.2, 0) is 11.2 Å². The minimum Gasteiger partial charge on any atom is -0.462 e. The van der Waals surface area contributed by atoms with Crippen LogP contribution in [0, 0.1) is 12.8 Å². The highest BCUT2D eigenvalue weighted by Gasteiger charge is 2.30. The van der Waals surface area contributed by atoms with Crippen molar-refractivity contribution in [2.24, 2.45) is 5.92 Å². The topological polar surface area (TPSA) is 47.8 Å². The fraction of sp³-hybridized carbons (Fsp3) is 0.259. The molecule has 0 saturated carbocycles. The first-order valence-corrected chi connectivity index (χ1v) is 10.8. The smallest absolute Gasteiger partial charge is 0.340 e. The molecule has 0 fully saturated rings. The Morgan fingerprint density at radius 2 is 1.65 bits per heavy atom. The molecule has 0 spiro atoms. The minimum atomic E-state index is -0.377. The van der Waals surface area contributed by atoms with Crippen molar-refractivity contribution >= 4 is 28.2 Å². The lowest BCUT2D eigenvalue weighted by atomic mass is 9.95. The predicted octanol–water partition coefficient (Wildman–Crippen LogP) is 6.01. The molecule has 0 saturated heterocycles. The van der Waals surface area contributed by atoms with Gasteiger partial charge in [-0.15, -0.1) is 0 Å². The molecule has 0 amide bonds. The van der Waals surface area contributed by atoms with Gasteiger partial charge in [0, 0.05) is 10.9 Å². The Morgan fingerprint density at radius 3 is 2.32 bits per heavy atom. The van der Waals surface area contributed by atoms with E-state index in [1.807, 2.05) is 72.0 Å². The number of carbonyl (C=O) groups excluding carboxylic acids is 2. The third kappa shape index (κ3) is 3.63. The fourth-order valence-corrected chi connectivity index (χ4v) is 4.31. The lowest BCUT2D eigenvalue weighted by Gasteiger charge is -2.11. The van der Waals surface area contributed by atoms with E-state index in [2.05, 4.69) is 13.8 Å². The maximum Gasteiger partial charge on any atom is 0.340 e. The number of nitrogens with zero attached hydrogens (tertiary/aromatic N) is 1. The second kappa shape index (κ2) is 8.38. The molecule has 31 heavy (non-hydrogen) atoms. The summed E-state index contributed by atoms with van der Waals surface area (Å²) in [6.45, 7) is 8.31. The quantitative estimate of drug-likeness (QED) is 0.287. The summed E-state index contributed by atoms with van der Waals surface area (Å²) in [5, 5.41) is 1.05. The molecular weight excluding hydrogens is 386 g/mol. The van der Waals surface area contributed by atoms with E-state index in [1.165, 1.54) is 0 Å². The third-order valence-electron chi connectivity index (χ3n) is 5.57. The number of rotatable bonds is 6. The normalized spacial score (nSPS) is 11.4. The Bertz CT molecular complexity index is 1280. The van der Waals surface area contributed by atoms with Crippen molar-refractivity contribution in [1.82, 2.24) is 4.40 Å². The molecule has 2 heterocycles. The molecular formula is C27H27NO3. The summed E-state index contributed by atoms with van der Waals surface area (Å²) in [7, 11) is 0. The number of benzene rings is 2. The highest BCUT2D eigenvalue weighted by Crippen LogP contribution is 2.34. The van der Waals surface area contributed by atoms with E-state index in [4.69, 9.17) is 4.74 Å². The van der Waals surface area contributed by atoms with Gasteiger partial charge >= 0.3 is 5.97 Å². The molecule has 0 radical (unpaired) electrons. The number of aryl methyl sites for hydroxylation is 1. The van der Waals surface area contributed by atoms with Gasteiger partial charge in [0.1, 0.15) is 0 Å². The second-order valence-electron chi connectivity index (χ2n) is 8.28. The summed E-state index contributed by atoms with van der Waals surface area (Å²) in [5.74, 6) is -0.200. The summed E-state index contributed by atoms with van der Waals surface area (Å²) < 4.78 is 7.41. The molecule has 0 aliphatic heterocycles. The number of ether oxygens (including phenoxy) is 1. The van der Waals surface area contributed by atoms with Crippen LogP contribution in [0.3, 0.4) is 0 Å². The van der Waals surface area contributed by atoms with Gasteiger partial charge in [-0.25, -0.2) is 4.79 Å². The van der Waals surface area contributed by atoms with E-state index in [1.54, 1.807) is 6.92 Å². The average molecular weight is 414 g/mol. The Morgan fingerprint density at radius 1 is 0.968 bits per heavy atom. The Hall–Kier alpha value is -3.40. The maximum atomic E-state index is 13.8. The van der Waals surface area contributed by atoms with Gasteiger partial charge in [-0.05, 0) is 49.4 Å². The number of para-hydroxylation sites is 1. The number of ketones is 1. The first kappa shape index (κ1) is 20.9. The van der Waals surface area contributed by atoms with Crippen LogP contribution in [0.5, 0.6) is 0 Å². The number of esters is 1. The number of fused-ring (bicyclic) bond motifs is 3. The molecule has 158 valence electrons. The van der Waals surface area contributed by atoms with E-state index < -0.39 is 0 Å². The average Bonchev–Trinajstić information content (AvgIpc) is 3.07. The molecule has 0 atom stereocenters. The van der Waals surface area contributed by atoms with Crippen molar-refractivity contribution in [2.75, 3.05) is 6.61 Å². The fourth-order valence-electron chi connectivity index (χ4n) is 4.31. The number of aromatic nitrogens is 1. The van der Waals surface area contributed by atoms with Gasteiger partial charge in [0.15, 0.2) is 0 Å². The minimum absolute atomic E-state index is 0.0872. The molecule has 4 aromatic rings. The SMILES string of the molecule is CCOC(=O)c1c(CC(C)C)c(C(=O)c2ccccc2)n2c1cc(C)c1ccccc12. The highest BCUT2D eigenvalue weighted by atomic mass is 16.5. The van der Waals surface area contributed by atoms with Crippen molar-refractivity contribution in [3.63, 3.8) is 0 Å². The van der Waals surface area contributed by atoms with Gasteiger partial charge in [0.2, 0.25) is 5.78 Å². The standard InChI is InChI=1S/C27H27NO3/c1-5-31-27(30)24-21(15-17(2)3)25(26(29)19-11-7-6-8-12-19)28-22-14-10-9-13-20(22)18(4)16-23(24)28/h6-14,16-17H,5,15H2,1-4H3. The van der Waals surface area contributed by atoms with Gasteiger partial charge in [-0.1, -0.05) is 62.4 Å². The molecule has 0 N–H and O–H groups in total. The molecule has 0 bridgehead atoms. The summed E-state index contributed by atoms with van der Waals surface area (Å²) >= 11 is 0. The molecule has 0 aliphatic carbocycles. The Labute approximate surface area is 182 Å². The van der Waals surface area contributed by atoms with Crippen molar-refractivity contribution in [1.29, 1.82) is 0 Å². The Kier molecular flexibility index (Phi) is 5.64. The van der Waals surface area contributed by atoms with Crippen LogP contribution in [-0.4, -0.2) is 22.8 Å². The van der Waals surface area contributed by atoms with Crippen LogP contribution in [0.15, 0.2) is 60.7 Å². The van der Waals surface area contributed by atoms with Crippen LogP contribution < -0.4 is 0 Å². The lowest BCUT2D eigenvalue weighted by Crippen LogP contribution is -2.12. The summed E-state index contributed by atoms with van der Waals surface area (Å²) in [4.78, 5) is 26.9. The highest BCUT2D eigenvalue weighted by molar-refractivity contribution is 6.14. The van der Waals surface area contributed by atoms with E-state index in [-0.39, 0.29) is 24.3 Å². The maximum absolute atomic E-state index is 13.8. The Balaban J connectivity index is 2.18. The second-order valence-corrected chi connectivity index (χ2v) is 8.28. The van der Waals surface area contributed by atoms with Crippen LogP contribution >= 0.6 is 0 Å². The first-order valence-electron chi connectivity index (χ1n) is 10.8. The first-order chi connectivity index (χ1) is 14.9. The van der Waals surface area contributed by atoms with Crippen molar-refractivity contribution in [3.8, 4) is 0 Å². The number of hydrogen-bond donors (Lipinski definition) is 0. The molecule has 0 unspecified atom stereocenters. The van der Waals surface area contributed by atoms with Crippen LogP contribution in [0.1, 0.15) is 58.3 Å². The summed E-state index contributed by atoms with van der Waals surface area (Å²) in [6, 6.07) is 19.3. The van der Waals surface area contributed by atoms with Crippen LogP contribution in [0.25, 0.3) is 16.4 Å². The van der Waals surface area contributed by atoms with E-state index >= 15 is 0 Å². The van der Waals surface area contributed by atoms with Crippen molar-refractivity contribution in [3.05, 3.63) is 88.6 Å². The predicted molar refractivity (Wildman–Crippen MR) is 124 cm³/mol. The number of pyridine rings is 1. The number of hydrogen-bond acceptors (Lipinski definition) is 3. The van der Waals surface area contributed by atoms with E-state index in [0.29, 0.717) is 23.2 Å². The van der Waals surface area contributed by atoms with Gasteiger partial charge in [-0.2, -0.15) is 0 Å². The zero-order valence-corrected chi connectivity index (χ0v) is 18.4. The van der Waals surface area contributed by atoms with Gasteiger partial charge in [-0.3, -0.25) is 4.79 Å². The monoisotopic (exact) mass is 413 g/mol. The zero-order chi connectivity index (χ0) is 22.1. The van der Waals surface area contributed by atoms with Crippen molar-refractivity contribution in [2.45, 2.75) is 34.1 Å². The van der Waals surface area contributed by atoms with Gasteiger partial charge in [0.05, 0.1) is 28.9 Å². The lowest BCUT2D eigenvalue weighted by molar-refractivity contribution is 0.0527. The van der Waals surface area contributed by atoms with Crippen molar-refractivity contribution < 1.29 is 14.3 Å². The molecule has 2 aromatic carbocycles. The third-order valence-corrected chi connectivity index (χ3v) is 5.57. The van der Waals surface area contributed by atoms with E-state index in [9.17, 15) is 9.59 Å². The summed E-state index contributed by atoms with van der Waals surface area (Å²) in [6.07, 6.45) is 0.608. The molecule has 4 rings (SSSR count). The van der Waals surface area contributed by atoms with Crippen LogP contribution in [0.4, 0.5) is 0 Å². The summed E-state index contributed by atoms with van der Waals surface area (Å²) in [5.41, 5.74) is 5.12. The largest absolute Gasteiger partial charge is 0.462 e.